The summed E-state index contributed by atoms with van der Waals surface area (Å²) in [7, 11) is 6.48. The van der Waals surface area contributed by atoms with Gasteiger partial charge in [-0.3, -0.25) is 4.79 Å². The minimum absolute atomic E-state index is 0.119. The zero-order valence-corrected chi connectivity index (χ0v) is 16.3. The van der Waals surface area contributed by atoms with Crippen LogP contribution in [0, 0.1) is 0 Å². The first kappa shape index (κ1) is 19.3. The fraction of sp³-hybridized carbons (Fsp3) is 0.238. The third kappa shape index (κ3) is 4.09. The predicted octanol–water partition coefficient (Wildman–Crippen LogP) is 3.64. The normalized spacial score (nSPS) is 10.4. The second-order valence-corrected chi connectivity index (χ2v) is 6.14. The Balaban J connectivity index is 1.76. The first-order valence-electron chi connectivity index (χ1n) is 8.63. The Labute approximate surface area is 163 Å². The molecule has 0 saturated heterocycles. The highest BCUT2D eigenvalue weighted by molar-refractivity contribution is 5.94. The Morgan fingerprint density at radius 1 is 0.964 bits per heavy atom. The summed E-state index contributed by atoms with van der Waals surface area (Å²) in [5, 5.41) is 4.08. The Hall–Kier alpha value is -3.48. The van der Waals surface area contributed by atoms with Crippen LogP contribution in [0.2, 0.25) is 0 Å². The van der Waals surface area contributed by atoms with Crippen molar-refractivity contribution in [2.75, 3.05) is 28.4 Å². The van der Waals surface area contributed by atoms with E-state index >= 15 is 0 Å². The Bertz CT molecular complexity index is 950. The average molecular weight is 382 g/mol. The topological polar surface area (TPSA) is 74.0 Å². The monoisotopic (exact) mass is 382 g/mol. The van der Waals surface area contributed by atoms with Gasteiger partial charge in [-0.2, -0.15) is 0 Å². The number of methoxy groups -OCH3 is 3. The van der Waals surface area contributed by atoms with Crippen molar-refractivity contribution in [1.82, 2.24) is 10.1 Å². The van der Waals surface area contributed by atoms with Crippen molar-refractivity contribution >= 4 is 5.91 Å². The summed E-state index contributed by atoms with van der Waals surface area (Å²) in [5.41, 5.74) is 1.93. The molecule has 0 radical (unpaired) electrons. The van der Waals surface area contributed by atoms with E-state index in [9.17, 15) is 4.79 Å². The number of carbonyl (C=O) groups excluding carboxylic acids is 1. The maximum atomic E-state index is 12.6. The Morgan fingerprint density at radius 3 is 2.29 bits per heavy atom. The van der Waals surface area contributed by atoms with Gasteiger partial charge in [0.2, 0.25) is 0 Å². The van der Waals surface area contributed by atoms with E-state index in [4.69, 9.17) is 18.7 Å². The average Bonchev–Trinajstić information content (AvgIpc) is 3.21. The van der Waals surface area contributed by atoms with Crippen LogP contribution in [0.3, 0.4) is 0 Å². The molecule has 28 heavy (non-hydrogen) atoms. The van der Waals surface area contributed by atoms with Gasteiger partial charge >= 0.3 is 0 Å². The molecule has 0 N–H and O–H groups in total. The van der Waals surface area contributed by atoms with Gasteiger partial charge in [-0.15, -0.1) is 0 Å². The number of hydrogen-bond acceptors (Lipinski definition) is 6. The van der Waals surface area contributed by atoms with E-state index in [0.29, 0.717) is 40.8 Å². The van der Waals surface area contributed by atoms with Crippen molar-refractivity contribution in [3.63, 3.8) is 0 Å². The molecule has 7 heteroatoms. The van der Waals surface area contributed by atoms with Crippen molar-refractivity contribution in [3.05, 3.63) is 59.8 Å². The van der Waals surface area contributed by atoms with Gasteiger partial charge < -0.3 is 23.6 Å². The molecule has 3 aromatic rings. The molecule has 0 saturated carbocycles. The minimum Gasteiger partial charge on any atom is -0.497 e. The van der Waals surface area contributed by atoms with E-state index in [-0.39, 0.29) is 5.91 Å². The van der Waals surface area contributed by atoms with E-state index in [2.05, 4.69) is 5.16 Å². The smallest absolute Gasteiger partial charge is 0.253 e. The molecular formula is C21H22N2O5. The van der Waals surface area contributed by atoms with Gasteiger partial charge in [0.15, 0.2) is 5.76 Å². The zero-order chi connectivity index (χ0) is 20.1. The van der Waals surface area contributed by atoms with Crippen molar-refractivity contribution in [3.8, 4) is 28.6 Å². The van der Waals surface area contributed by atoms with Crippen molar-refractivity contribution in [1.29, 1.82) is 0 Å². The van der Waals surface area contributed by atoms with Crippen LogP contribution in [0.15, 0.2) is 53.1 Å². The van der Waals surface area contributed by atoms with Crippen LogP contribution in [0.25, 0.3) is 11.3 Å². The summed E-state index contributed by atoms with van der Waals surface area (Å²) < 4.78 is 21.2. The lowest BCUT2D eigenvalue weighted by Gasteiger charge is -2.15. The SMILES string of the molecule is COc1ccc(C(=O)N(C)Cc2cc(-c3cc(OC)ccc3OC)on2)cc1. The van der Waals surface area contributed by atoms with Gasteiger partial charge in [0.05, 0.1) is 33.4 Å². The van der Waals surface area contributed by atoms with E-state index in [1.165, 1.54) is 0 Å². The summed E-state index contributed by atoms with van der Waals surface area (Å²) in [6.07, 6.45) is 0. The lowest BCUT2D eigenvalue weighted by molar-refractivity contribution is 0.0782. The highest BCUT2D eigenvalue weighted by atomic mass is 16.5. The molecule has 146 valence electrons. The van der Waals surface area contributed by atoms with Gasteiger partial charge in [0, 0.05) is 18.7 Å². The molecule has 0 aliphatic rings. The van der Waals surface area contributed by atoms with Crippen molar-refractivity contribution in [2.24, 2.45) is 0 Å². The van der Waals surface area contributed by atoms with E-state index < -0.39 is 0 Å². The molecule has 0 aliphatic heterocycles. The molecule has 0 unspecified atom stereocenters. The first-order chi connectivity index (χ1) is 13.5. The number of aromatic nitrogens is 1. The van der Waals surface area contributed by atoms with Crippen LogP contribution in [0.1, 0.15) is 16.1 Å². The van der Waals surface area contributed by atoms with Crippen LogP contribution >= 0.6 is 0 Å². The summed E-state index contributed by atoms with van der Waals surface area (Å²) in [6, 6.07) is 14.2. The molecule has 1 aromatic heterocycles. The largest absolute Gasteiger partial charge is 0.497 e. The number of ether oxygens (including phenoxy) is 3. The van der Waals surface area contributed by atoms with Crippen LogP contribution < -0.4 is 14.2 Å². The quantitative estimate of drug-likeness (QED) is 0.621. The van der Waals surface area contributed by atoms with Gasteiger partial charge in [-0.25, -0.2) is 0 Å². The molecule has 0 fully saturated rings. The third-order valence-corrected chi connectivity index (χ3v) is 4.31. The van der Waals surface area contributed by atoms with Crippen LogP contribution in [-0.2, 0) is 6.54 Å². The lowest BCUT2D eigenvalue weighted by atomic mass is 10.1. The van der Waals surface area contributed by atoms with Crippen LogP contribution in [0.4, 0.5) is 0 Å². The molecule has 0 bridgehead atoms. The summed E-state index contributed by atoms with van der Waals surface area (Å²) in [4.78, 5) is 14.2. The summed E-state index contributed by atoms with van der Waals surface area (Å²) in [5.74, 6) is 2.45. The summed E-state index contributed by atoms with van der Waals surface area (Å²) in [6.45, 7) is 0.306. The first-order valence-corrected chi connectivity index (χ1v) is 8.63. The molecule has 3 rings (SSSR count). The third-order valence-electron chi connectivity index (χ3n) is 4.31. The fourth-order valence-corrected chi connectivity index (χ4v) is 2.79. The highest BCUT2D eigenvalue weighted by Gasteiger charge is 2.17. The van der Waals surface area contributed by atoms with E-state index in [1.54, 1.807) is 75.7 Å². The molecule has 1 heterocycles. The number of nitrogens with zero attached hydrogens (tertiary/aromatic N) is 2. The van der Waals surface area contributed by atoms with Gasteiger partial charge in [-0.1, -0.05) is 5.16 Å². The Kier molecular flexibility index (Phi) is 5.84. The maximum Gasteiger partial charge on any atom is 0.253 e. The number of amides is 1. The van der Waals surface area contributed by atoms with Crippen LogP contribution in [-0.4, -0.2) is 44.3 Å². The molecule has 0 atom stereocenters. The molecular weight excluding hydrogens is 360 g/mol. The van der Waals surface area contributed by atoms with Gasteiger partial charge in [-0.05, 0) is 42.5 Å². The number of benzene rings is 2. The molecule has 1 amide bonds. The van der Waals surface area contributed by atoms with Gasteiger partial charge in [0.1, 0.15) is 22.9 Å². The maximum absolute atomic E-state index is 12.6. The molecule has 7 nitrogen and oxygen atoms in total. The van der Waals surface area contributed by atoms with E-state index in [0.717, 1.165) is 5.56 Å². The number of hydrogen-bond donors (Lipinski definition) is 0. The van der Waals surface area contributed by atoms with Gasteiger partial charge in [0.25, 0.3) is 5.91 Å². The predicted molar refractivity (Wildman–Crippen MR) is 104 cm³/mol. The molecule has 0 aliphatic carbocycles. The van der Waals surface area contributed by atoms with Crippen LogP contribution in [0.5, 0.6) is 17.2 Å². The fourth-order valence-electron chi connectivity index (χ4n) is 2.79. The number of carbonyl (C=O) groups is 1. The van der Waals surface area contributed by atoms with E-state index in [1.807, 2.05) is 6.07 Å². The highest BCUT2D eigenvalue weighted by Crippen LogP contribution is 2.33. The van der Waals surface area contributed by atoms with Crippen molar-refractivity contribution < 1.29 is 23.5 Å². The molecule has 0 spiro atoms. The number of rotatable bonds is 7. The second kappa shape index (κ2) is 8.47. The molecule has 2 aromatic carbocycles. The zero-order valence-electron chi connectivity index (χ0n) is 16.3. The minimum atomic E-state index is -0.119. The Morgan fingerprint density at radius 2 is 1.64 bits per heavy atom. The second-order valence-electron chi connectivity index (χ2n) is 6.14. The standard InChI is InChI=1S/C21H22N2O5/c1-23(21(24)14-5-7-16(25-2)8-6-14)13-15-11-20(28-22-15)18-12-17(26-3)9-10-19(18)27-4/h5-12H,13H2,1-4H3. The summed E-state index contributed by atoms with van der Waals surface area (Å²) >= 11 is 0. The van der Waals surface area contributed by atoms with Crippen molar-refractivity contribution in [2.45, 2.75) is 6.54 Å². The lowest BCUT2D eigenvalue weighted by Crippen LogP contribution is -2.26.